The molecule has 0 spiro atoms. The third-order valence-corrected chi connectivity index (χ3v) is 3.34. The Labute approximate surface area is 131 Å². The molecule has 0 aliphatic rings. The van der Waals surface area contributed by atoms with Gasteiger partial charge in [-0.15, -0.1) is 0 Å². The molecule has 0 aliphatic carbocycles. The Kier molecular flexibility index (Phi) is 5.63. The summed E-state index contributed by atoms with van der Waals surface area (Å²) in [5, 5.41) is 0. The highest BCUT2D eigenvalue weighted by atomic mass is 79.9. The first kappa shape index (κ1) is 16.6. The first-order valence-corrected chi connectivity index (χ1v) is 6.54. The van der Waals surface area contributed by atoms with E-state index in [9.17, 15) is 4.79 Å². The lowest BCUT2D eigenvalue weighted by Gasteiger charge is -2.08. The quantitative estimate of drug-likeness (QED) is 0.576. The van der Waals surface area contributed by atoms with Crippen molar-refractivity contribution >= 4 is 5.78 Å². The Bertz CT molecular complexity index is 594. The third-order valence-electron chi connectivity index (χ3n) is 3.34. The molecule has 0 N–H and O–H groups in total. The van der Waals surface area contributed by atoms with Crippen molar-refractivity contribution in [3.05, 3.63) is 64.5 Å². The summed E-state index contributed by atoms with van der Waals surface area (Å²) in [4.78, 5) is 12.4. The van der Waals surface area contributed by atoms with E-state index < -0.39 is 0 Å². The lowest BCUT2D eigenvalue weighted by molar-refractivity contribution is -0.683. The van der Waals surface area contributed by atoms with Gasteiger partial charge in [0.05, 0.1) is 0 Å². The maximum absolute atomic E-state index is 12.4. The highest BCUT2D eigenvalue weighted by molar-refractivity contribution is 5.97. The molecule has 0 radical (unpaired) electrons. The number of pyridine rings is 1. The van der Waals surface area contributed by atoms with Crippen molar-refractivity contribution in [2.75, 3.05) is 0 Å². The normalized spacial score (nSPS) is 10.0. The van der Waals surface area contributed by atoms with Crippen LogP contribution in [0.1, 0.15) is 32.6 Å². The van der Waals surface area contributed by atoms with Crippen LogP contribution in [-0.4, -0.2) is 5.78 Å². The fourth-order valence-electron chi connectivity index (χ4n) is 2.50. The molecule has 0 saturated heterocycles. The Hall–Kier alpha value is -1.48. The first-order valence-electron chi connectivity index (χ1n) is 6.54. The third kappa shape index (κ3) is 3.76. The smallest absolute Gasteiger partial charge is 0.228 e. The molecule has 106 valence electrons. The Morgan fingerprint density at radius 3 is 1.95 bits per heavy atom. The van der Waals surface area contributed by atoms with Crippen LogP contribution in [0, 0.1) is 27.7 Å². The van der Waals surface area contributed by atoms with Crippen LogP contribution in [0.3, 0.4) is 0 Å². The number of ketones is 1. The van der Waals surface area contributed by atoms with E-state index in [-0.39, 0.29) is 22.8 Å². The highest BCUT2D eigenvalue weighted by Gasteiger charge is 2.16. The number of carbonyl (C=O) groups excluding carboxylic acids is 1. The number of hydrogen-bond acceptors (Lipinski definition) is 1. The van der Waals surface area contributed by atoms with Gasteiger partial charge in [-0.1, -0.05) is 17.7 Å². The van der Waals surface area contributed by atoms with Gasteiger partial charge < -0.3 is 17.0 Å². The maximum atomic E-state index is 12.4. The van der Waals surface area contributed by atoms with Gasteiger partial charge in [-0.25, -0.2) is 0 Å². The Balaban J connectivity index is 0.00000200. The molecule has 0 unspecified atom stereocenters. The minimum Gasteiger partial charge on any atom is -1.00 e. The summed E-state index contributed by atoms with van der Waals surface area (Å²) in [5.41, 5.74) is 5.39. The lowest BCUT2D eigenvalue weighted by atomic mass is 9.96. The van der Waals surface area contributed by atoms with E-state index in [1.54, 1.807) is 0 Å². The van der Waals surface area contributed by atoms with Gasteiger partial charge in [-0.05, 0) is 44.4 Å². The molecular formula is C17H20BrNO. The largest absolute Gasteiger partial charge is 1.00 e. The lowest BCUT2D eigenvalue weighted by Crippen LogP contribution is -3.00. The molecule has 1 heterocycles. The van der Waals surface area contributed by atoms with E-state index in [0.717, 1.165) is 16.7 Å². The van der Waals surface area contributed by atoms with Crippen LogP contribution in [0.15, 0.2) is 36.7 Å². The number of nitrogens with zero attached hydrogens (tertiary/aromatic N) is 1. The number of aromatic nitrogens is 1. The Morgan fingerprint density at radius 2 is 1.45 bits per heavy atom. The average Bonchev–Trinajstić information content (AvgIpc) is 2.30. The number of rotatable bonds is 3. The van der Waals surface area contributed by atoms with Crippen molar-refractivity contribution in [1.82, 2.24) is 0 Å². The fraction of sp³-hybridized carbons (Fsp3) is 0.294. The molecular weight excluding hydrogens is 314 g/mol. The molecule has 0 fully saturated rings. The van der Waals surface area contributed by atoms with Gasteiger partial charge in [0.25, 0.3) is 0 Å². The first-order chi connectivity index (χ1) is 8.97. The predicted molar refractivity (Wildman–Crippen MR) is 76.4 cm³/mol. The van der Waals surface area contributed by atoms with Gasteiger partial charge in [0.15, 0.2) is 12.4 Å². The summed E-state index contributed by atoms with van der Waals surface area (Å²) < 4.78 is 1.92. The standard InChI is InChI=1S/C17H20NO.BrH/c1-12-5-7-18(8-6-12)11-16(19)17-14(3)9-13(2)10-15(17)4;/h5-10H,11H2,1-4H3;1H/q+1;/p-1. The van der Waals surface area contributed by atoms with Crippen molar-refractivity contribution in [3.8, 4) is 0 Å². The molecule has 20 heavy (non-hydrogen) atoms. The Morgan fingerprint density at radius 1 is 0.950 bits per heavy atom. The zero-order chi connectivity index (χ0) is 14.0. The zero-order valence-corrected chi connectivity index (χ0v) is 14.0. The topological polar surface area (TPSA) is 20.9 Å². The summed E-state index contributed by atoms with van der Waals surface area (Å²) >= 11 is 0. The minimum absolute atomic E-state index is 0. The molecule has 0 bridgehead atoms. The summed E-state index contributed by atoms with van der Waals surface area (Å²) in [6, 6.07) is 8.17. The average molecular weight is 334 g/mol. The van der Waals surface area contributed by atoms with E-state index in [2.05, 4.69) is 19.1 Å². The second-order valence-corrected chi connectivity index (χ2v) is 5.24. The van der Waals surface area contributed by atoms with E-state index in [0.29, 0.717) is 6.54 Å². The minimum atomic E-state index is 0. The summed E-state index contributed by atoms with van der Waals surface area (Å²) in [5.74, 6) is 0.170. The van der Waals surface area contributed by atoms with Crippen LogP contribution in [0.5, 0.6) is 0 Å². The zero-order valence-electron chi connectivity index (χ0n) is 12.4. The summed E-state index contributed by atoms with van der Waals surface area (Å²) in [7, 11) is 0. The van der Waals surface area contributed by atoms with E-state index in [1.165, 1.54) is 11.1 Å². The summed E-state index contributed by atoms with van der Waals surface area (Å²) in [6.07, 6.45) is 3.90. The number of halogens is 1. The number of benzene rings is 1. The summed E-state index contributed by atoms with van der Waals surface area (Å²) in [6.45, 7) is 8.51. The second kappa shape index (κ2) is 6.80. The van der Waals surface area contributed by atoms with Gasteiger partial charge in [0.2, 0.25) is 12.3 Å². The van der Waals surface area contributed by atoms with Crippen molar-refractivity contribution < 1.29 is 26.3 Å². The number of aryl methyl sites for hydroxylation is 4. The molecule has 0 atom stereocenters. The van der Waals surface area contributed by atoms with Gasteiger partial charge >= 0.3 is 0 Å². The van der Waals surface area contributed by atoms with Crippen molar-refractivity contribution in [3.63, 3.8) is 0 Å². The molecule has 1 aromatic carbocycles. The molecule has 0 aliphatic heterocycles. The van der Waals surface area contributed by atoms with Crippen LogP contribution < -0.4 is 21.5 Å². The number of hydrogen-bond donors (Lipinski definition) is 0. The van der Waals surface area contributed by atoms with Gasteiger partial charge in [0.1, 0.15) is 0 Å². The van der Waals surface area contributed by atoms with Crippen molar-refractivity contribution in [2.24, 2.45) is 0 Å². The monoisotopic (exact) mass is 333 g/mol. The molecule has 3 heteroatoms. The molecule has 2 aromatic rings. The van der Waals surface area contributed by atoms with E-state index >= 15 is 0 Å². The molecule has 0 amide bonds. The molecule has 0 saturated carbocycles. The number of carbonyl (C=O) groups is 1. The van der Waals surface area contributed by atoms with Gasteiger partial charge in [-0.2, -0.15) is 4.57 Å². The van der Waals surface area contributed by atoms with Gasteiger partial charge in [-0.3, -0.25) is 4.79 Å². The van der Waals surface area contributed by atoms with E-state index in [1.807, 2.05) is 49.9 Å². The SMILES string of the molecule is Cc1cc[n+](CC(=O)c2c(C)cc(C)cc2C)cc1.[Br-]. The second-order valence-electron chi connectivity index (χ2n) is 5.24. The van der Waals surface area contributed by atoms with Crippen LogP contribution in [0.25, 0.3) is 0 Å². The van der Waals surface area contributed by atoms with E-state index in [4.69, 9.17) is 0 Å². The fourth-order valence-corrected chi connectivity index (χ4v) is 2.50. The number of Topliss-reactive ketones (excluding diaryl/α,β-unsaturated/α-hetero) is 1. The van der Waals surface area contributed by atoms with Crippen molar-refractivity contribution in [1.29, 1.82) is 0 Å². The molecule has 1 aromatic heterocycles. The van der Waals surface area contributed by atoms with Crippen LogP contribution in [0.2, 0.25) is 0 Å². The van der Waals surface area contributed by atoms with Gasteiger partial charge in [0, 0.05) is 17.7 Å². The maximum Gasteiger partial charge on any atom is 0.228 e. The highest BCUT2D eigenvalue weighted by Crippen LogP contribution is 2.17. The van der Waals surface area contributed by atoms with Crippen LogP contribution in [-0.2, 0) is 6.54 Å². The van der Waals surface area contributed by atoms with Crippen LogP contribution in [0.4, 0.5) is 0 Å². The predicted octanol–water partition coefficient (Wildman–Crippen LogP) is 0.0947. The molecule has 2 nitrogen and oxygen atoms in total. The van der Waals surface area contributed by atoms with Crippen molar-refractivity contribution in [2.45, 2.75) is 34.2 Å². The molecule has 2 rings (SSSR count). The van der Waals surface area contributed by atoms with Crippen LogP contribution >= 0.6 is 0 Å².